The van der Waals surface area contributed by atoms with Crippen molar-refractivity contribution in [2.45, 2.75) is 65.9 Å². The lowest BCUT2D eigenvalue weighted by Crippen LogP contribution is -2.37. The first-order valence-electron chi connectivity index (χ1n) is 13.7. The van der Waals surface area contributed by atoms with E-state index in [0.717, 1.165) is 4.90 Å². The van der Waals surface area contributed by atoms with Gasteiger partial charge < -0.3 is 20.0 Å². The summed E-state index contributed by atoms with van der Waals surface area (Å²) < 4.78 is 12.3. The number of nitro benzene ring substituents is 1. The van der Waals surface area contributed by atoms with Crippen LogP contribution in [0.5, 0.6) is 0 Å². The normalized spacial score (nSPS) is 14.1. The number of carbonyl (C=O) groups excluding carboxylic acids is 1. The molecule has 224 valence electrons. The van der Waals surface area contributed by atoms with Crippen LogP contribution in [0.15, 0.2) is 64.6 Å². The molecule has 2 N–H and O–H groups in total. The van der Waals surface area contributed by atoms with Crippen LogP contribution in [0.25, 0.3) is 0 Å². The highest BCUT2D eigenvalue weighted by Gasteiger charge is 2.20. The zero-order valence-electron chi connectivity index (χ0n) is 24.8. The first-order valence-corrected chi connectivity index (χ1v) is 14.4. The average molecular weight is 579 g/mol. The van der Waals surface area contributed by atoms with Gasteiger partial charge in [-0.3, -0.25) is 10.1 Å². The summed E-state index contributed by atoms with van der Waals surface area (Å²) in [6.45, 7) is 16.2. The first kappa shape index (κ1) is 36.8. The zero-order valence-corrected chi connectivity index (χ0v) is 25.6. The van der Waals surface area contributed by atoms with E-state index in [0.29, 0.717) is 44.4 Å². The smallest absolute Gasteiger partial charge is 0.407 e. The van der Waals surface area contributed by atoms with Crippen molar-refractivity contribution >= 4 is 29.4 Å². The molecular weight excluding hydrogens is 532 g/mol. The summed E-state index contributed by atoms with van der Waals surface area (Å²) >= 11 is 1.40. The number of alkyl carbamates (subject to hydrolysis) is 1. The molecule has 0 aliphatic carbocycles. The quantitative estimate of drug-likeness (QED) is 0.102. The number of nitrogens with zero attached hydrogens (tertiary/aromatic N) is 3. The van der Waals surface area contributed by atoms with Gasteiger partial charge in [0.25, 0.3) is 5.69 Å². The van der Waals surface area contributed by atoms with Crippen LogP contribution in [-0.2, 0) is 9.47 Å². The van der Waals surface area contributed by atoms with Crippen LogP contribution in [0.1, 0.15) is 53.5 Å². The van der Waals surface area contributed by atoms with Gasteiger partial charge in [-0.25, -0.2) is 9.10 Å². The molecule has 40 heavy (non-hydrogen) atoms. The van der Waals surface area contributed by atoms with E-state index in [1.165, 1.54) is 29.6 Å². The second-order valence-corrected chi connectivity index (χ2v) is 9.79. The van der Waals surface area contributed by atoms with Crippen molar-refractivity contribution in [3.63, 3.8) is 0 Å². The Hall–Kier alpha value is -3.15. The minimum absolute atomic E-state index is 0.0257. The molecule has 1 aliphatic heterocycles. The van der Waals surface area contributed by atoms with E-state index < -0.39 is 11.0 Å². The minimum Gasteiger partial charge on any atom is -0.444 e. The molecule has 0 saturated carbocycles. The highest BCUT2D eigenvalue weighted by Crippen LogP contribution is 2.25. The molecular formula is C29H46N4O6S. The van der Waals surface area contributed by atoms with E-state index in [1.54, 1.807) is 12.1 Å². The maximum absolute atomic E-state index is 11.9. The molecule has 1 fully saturated rings. The zero-order chi connectivity index (χ0) is 30.3. The Morgan fingerprint density at radius 1 is 1.18 bits per heavy atom. The Balaban J connectivity index is 0.00000117. The minimum atomic E-state index is -0.583. The van der Waals surface area contributed by atoms with Crippen LogP contribution in [0, 0.1) is 23.0 Å². The Morgan fingerprint density at radius 2 is 1.80 bits per heavy atom. The molecule has 0 aromatic heterocycles. The fraction of sp³-hybridized carbons (Fsp3) is 0.517. The van der Waals surface area contributed by atoms with E-state index in [9.17, 15) is 20.1 Å². The SMILES string of the molecule is CC.CC.CC(C)CN(C/C(CNC(=O)OC1CCOC1)=N/O)Sc1ccc([N+](=O)[O-])cc1.Cc1ccccc1. The van der Waals surface area contributed by atoms with Gasteiger partial charge in [0.1, 0.15) is 6.10 Å². The fourth-order valence-electron chi connectivity index (χ4n) is 3.15. The molecule has 1 atom stereocenters. The third-order valence-corrected chi connectivity index (χ3v) is 5.91. The topological polar surface area (TPSA) is 127 Å². The van der Waals surface area contributed by atoms with Gasteiger partial charge in [0.2, 0.25) is 0 Å². The lowest BCUT2D eigenvalue weighted by molar-refractivity contribution is -0.384. The van der Waals surface area contributed by atoms with Gasteiger partial charge in [-0.15, -0.1) is 0 Å². The molecule has 0 bridgehead atoms. The molecule has 10 nitrogen and oxygen atoms in total. The summed E-state index contributed by atoms with van der Waals surface area (Å²) in [6, 6.07) is 16.5. The van der Waals surface area contributed by atoms with Crippen LogP contribution in [-0.4, -0.2) is 65.2 Å². The maximum atomic E-state index is 11.9. The van der Waals surface area contributed by atoms with E-state index in [1.807, 2.05) is 50.2 Å². The number of nitro groups is 1. The monoisotopic (exact) mass is 578 g/mol. The lowest BCUT2D eigenvalue weighted by atomic mass is 10.2. The van der Waals surface area contributed by atoms with Crippen LogP contribution in [0.3, 0.4) is 0 Å². The molecule has 3 rings (SSSR count). The van der Waals surface area contributed by atoms with Crippen LogP contribution < -0.4 is 5.32 Å². The number of benzene rings is 2. The molecule has 2 aromatic carbocycles. The summed E-state index contributed by atoms with van der Waals surface area (Å²) in [6.07, 6.45) is -0.165. The molecule has 1 aliphatic rings. The average Bonchev–Trinajstić information content (AvgIpc) is 3.47. The van der Waals surface area contributed by atoms with Gasteiger partial charge in [-0.05, 0) is 36.9 Å². The van der Waals surface area contributed by atoms with Gasteiger partial charge in [-0.1, -0.05) is 82.6 Å². The first-order chi connectivity index (χ1) is 19.3. The molecule has 0 radical (unpaired) electrons. The van der Waals surface area contributed by atoms with Crippen LogP contribution in [0.4, 0.5) is 10.5 Å². The van der Waals surface area contributed by atoms with Gasteiger partial charge in [0.15, 0.2) is 0 Å². The molecule has 1 saturated heterocycles. The number of rotatable bonds is 10. The number of non-ortho nitro benzene ring substituents is 1. The summed E-state index contributed by atoms with van der Waals surface area (Å²) in [5.74, 6) is 0.334. The number of hydrogen-bond acceptors (Lipinski definition) is 9. The molecule has 11 heteroatoms. The van der Waals surface area contributed by atoms with Crippen molar-refractivity contribution in [3.8, 4) is 0 Å². The number of hydrogen-bond donors (Lipinski definition) is 2. The predicted octanol–water partition coefficient (Wildman–Crippen LogP) is 6.95. The van der Waals surface area contributed by atoms with Crippen molar-refractivity contribution in [1.82, 2.24) is 9.62 Å². The van der Waals surface area contributed by atoms with Gasteiger partial charge in [0, 0.05) is 30.0 Å². The fourth-order valence-corrected chi connectivity index (χ4v) is 4.30. The molecule has 2 aromatic rings. The van der Waals surface area contributed by atoms with E-state index >= 15 is 0 Å². The van der Waals surface area contributed by atoms with Crippen molar-refractivity contribution in [1.29, 1.82) is 0 Å². The lowest BCUT2D eigenvalue weighted by Gasteiger charge is -2.23. The summed E-state index contributed by atoms with van der Waals surface area (Å²) in [4.78, 5) is 23.0. The summed E-state index contributed by atoms with van der Waals surface area (Å²) in [7, 11) is 0. The largest absolute Gasteiger partial charge is 0.444 e. The number of aryl methyl sites for hydroxylation is 1. The Morgan fingerprint density at radius 3 is 2.25 bits per heavy atom. The summed E-state index contributed by atoms with van der Waals surface area (Å²) in [5.41, 5.74) is 1.71. The van der Waals surface area contributed by atoms with Gasteiger partial charge >= 0.3 is 6.09 Å². The molecule has 1 unspecified atom stereocenters. The molecule has 1 heterocycles. The van der Waals surface area contributed by atoms with E-state index in [4.69, 9.17) is 9.47 Å². The van der Waals surface area contributed by atoms with Crippen LogP contribution in [0.2, 0.25) is 0 Å². The van der Waals surface area contributed by atoms with Gasteiger partial charge in [-0.2, -0.15) is 0 Å². The van der Waals surface area contributed by atoms with Crippen molar-refractivity contribution in [2.75, 3.05) is 32.8 Å². The third-order valence-electron chi connectivity index (χ3n) is 4.89. The Bertz CT molecular complexity index is 968. The number of oxime groups is 1. The van der Waals surface area contributed by atoms with E-state index in [-0.39, 0.29) is 18.3 Å². The Labute approximate surface area is 243 Å². The van der Waals surface area contributed by atoms with Crippen molar-refractivity contribution in [2.24, 2.45) is 11.1 Å². The van der Waals surface area contributed by atoms with Gasteiger partial charge in [0.05, 0.1) is 36.9 Å². The highest BCUT2D eigenvalue weighted by atomic mass is 32.2. The highest BCUT2D eigenvalue weighted by molar-refractivity contribution is 7.97. The molecule has 1 amide bonds. The summed E-state index contributed by atoms with van der Waals surface area (Å²) in [5, 5.41) is 26.0. The second kappa shape index (κ2) is 22.6. The molecule has 0 spiro atoms. The van der Waals surface area contributed by atoms with E-state index in [2.05, 4.69) is 43.4 Å². The standard InChI is InChI=1S/C18H26N4O6S.C7H8.2C2H6/c1-13(2)10-21(29-17-5-3-15(4-6-17)22(25)26)11-14(20-24)9-19-18(23)28-16-7-8-27-12-16;1-7-5-3-2-4-6-7;2*1-2/h3-6,13,16,24H,7-12H2,1-2H3,(H,19,23);2-6H,1H3;2*1-2H3/b20-14+;;;. The third kappa shape index (κ3) is 16.7. The number of carbonyl (C=O) groups is 1. The maximum Gasteiger partial charge on any atom is 0.407 e. The second-order valence-electron chi connectivity index (χ2n) is 8.62. The number of ether oxygens (including phenoxy) is 2. The number of nitrogens with one attached hydrogen (secondary N) is 1. The van der Waals surface area contributed by atoms with Crippen molar-refractivity contribution in [3.05, 3.63) is 70.3 Å². The van der Waals surface area contributed by atoms with Crippen molar-refractivity contribution < 1.29 is 24.4 Å². The number of amides is 1. The predicted molar refractivity (Wildman–Crippen MR) is 162 cm³/mol. The Kier molecular flexibility index (Phi) is 20.9. The van der Waals surface area contributed by atoms with Crippen LogP contribution >= 0.6 is 11.9 Å².